The first-order chi connectivity index (χ1) is 9.58. The second-order valence-electron chi connectivity index (χ2n) is 5.42. The third kappa shape index (κ3) is 4.72. The van der Waals surface area contributed by atoms with Crippen LogP contribution in [-0.2, 0) is 28.0 Å². The zero-order valence-corrected chi connectivity index (χ0v) is 12.6. The Bertz CT molecular complexity index is 482. The van der Waals surface area contributed by atoms with E-state index in [-0.39, 0.29) is 18.3 Å². The molecule has 2 rings (SSSR count). The zero-order chi connectivity index (χ0) is 14.5. The van der Waals surface area contributed by atoms with Crippen molar-refractivity contribution in [3.05, 3.63) is 35.4 Å². The Morgan fingerprint density at radius 2 is 1.90 bits per heavy atom. The summed E-state index contributed by atoms with van der Waals surface area (Å²) in [7, 11) is 0.607. The average Bonchev–Trinajstić information content (AvgIpc) is 3.23. The minimum Gasteiger partial charge on any atom is -0.392 e. The Morgan fingerprint density at radius 3 is 2.45 bits per heavy atom. The molecule has 1 aromatic rings. The molecule has 1 N–H and O–H groups in total. The lowest BCUT2D eigenvalue weighted by Gasteiger charge is -2.16. The number of hydrogen-bond donors (Lipinski definition) is 1. The molecule has 0 radical (unpaired) electrons. The number of aliphatic hydroxyl groups excluding tert-OH is 1. The van der Waals surface area contributed by atoms with E-state index in [2.05, 4.69) is 0 Å². The third-order valence-electron chi connectivity index (χ3n) is 3.47. The van der Waals surface area contributed by atoms with Crippen molar-refractivity contribution in [2.24, 2.45) is 5.92 Å². The third-order valence-corrected chi connectivity index (χ3v) is 4.70. The molecule has 0 saturated heterocycles. The topological polar surface area (TPSA) is 57.6 Å². The van der Waals surface area contributed by atoms with Gasteiger partial charge in [-0.15, -0.1) is 0 Å². The van der Waals surface area contributed by atoms with Crippen molar-refractivity contribution >= 4 is 16.7 Å². The molecule has 1 saturated carbocycles. The van der Waals surface area contributed by atoms with E-state index >= 15 is 0 Å². The highest BCUT2D eigenvalue weighted by Crippen LogP contribution is 2.29. The van der Waals surface area contributed by atoms with E-state index in [1.807, 2.05) is 24.3 Å². The van der Waals surface area contributed by atoms with Gasteiger partial charge in [-0.2, -0.15) is 0 Å². The van der Waals surface area contributed by atoms with Crippen molar-refractivity contribution in [3.63, 3.8) is 0 Å². The quantitative estimate of drug-likeness (QED) is 0.825. The molecular weight excluding hydrogens is 274 g/mol. The zero-order valence-electron chi connectivity index (χ0n) is 11.7. The summed E-state index contributed by atoms with van der Waals surface area (Å²) < 4.78 is 12.0. The standard InChI is InChI=1S/C15H21NO3S/c1-16(8-12-2-3-12)15(18)11-20(19)10-14-6-4-13(9-17)5-7-14/h4-7,12,17H,2-3,8-11H2,1H3. The van der Waals surface area contributed by atoms with Gasteiger partial charge >= 0.3 is 0 Å². The summed E-state index contributed by atoms with van der Waals surface area (Å²) >= 11 is 0. The van der Waals surface area contributed by atoms with Gasteiger partial charge in [-0.05, 0) is 29.9 Å². The number of benzene rings is 1. The number of nitrogens with zero attached hydrogens (tertiary/aromatic N) is 1. The van der Waals surface area contributed by atoms with E-state index in [1.54, 1.807) is 11.9 Å². The molecule has 1 aliphatic carbocycles. The number of carbonyl (C=O) groups is 1. The van der Waals surface area contributed by atoms with E-state index < -0.39 is 10.8 Å². The molecule has 1 fully saturated rings. The molecule has 1 atom stereocenters. The first kappa shape index (κ1) is 15.2. The molecule has 1 aromatic carbocycles. The summed E-state index contributed by atoms with van der Waals surface area (Å²) in [4.78, 5) is 13.6. The number of hydrogen-bond acceptors (Lipinski definition) is 3. The molecule has 1 unspecified atom stereocenters. The Morgan fingerprint density at radius 1 is 1.30 bits per heavy atom. The SMILES string of the molecule is CN(CC1CC1)C(=O)CS(=O)Cc1ccc(CO)cc1. The van der Waals surface area contributed by atoms with Crippen LogP contribution in [0.1, 0.15) is 24.0 Å². The second kappa shape index (κ2) is 6.99. The highest BCUT2D eigenvalue weighted by atomic mass is 32.2. The molecule has 0 spiro atoms. The monoisotopic (exact) mass is 295 g/mol. The largest absolute Gasteiger partial charge is 0.392 e. The summed E-state index contributed by atoms with van der Waals surface area (Å²) in [6.07, 6.45) is 2.41. The van der Waals surface area contributed by atoms with Gasteiger partial charge in [0.1, 0.15) is 5.75 Å². The molecule has 1 aliphatic rings. The predicted molar refractivity (Wildman–Crippen MR) is 79.4 cm³/mol. The first-order valence-electron chi connectivity index (χ1n) is 6.86. The highest BCUT2D eigenvalue weighted by molar-refractivity contribution is 7.84. The van der Waals surface area contributed by atoms with Crippen LogP contribution in [0.15, 0.2) is 24.3 Å². The lowest BCUT2D eigenvalue weighted by Crippen LogP contribution is -2.32. The van der Waals surface area contributed by atoms with Gasteiger partial charge in [0.15, 0.2) is 0 Å². The first-order valence-corrected chi connectivity index (χ1v) is 8.35. The summed E-state index contributed by atoms with van der Waals surface area (Å²) in [5.74, 6) is 1.09. The Kier molecular flexibility index (Phi) is 5.31. The van der Waals surface area contributed by atoms with Crippen LogP contribution in [0.4, 0.5) is 0 Å². The number of aliphatic hydroxyl groups is 1. The van der Waals surface area contributed by atoms with Crippen LogP contribution in [-0.4, -0.2) is 39.5 Å². The lowest BCUT2D eigenvalue weighted by atomic mass is 10.2. The van der Waals surface area contributed by atoms with E-state index in [4.69, 9.17) is 5.11 Å². The Balaban J connectivity index is 1.79. The number of rotatable bonds is 7. The maximum Gasteiger partial charge on any atom is 0.234 e. The average molecular weight is 295 g/mol. The lowest BCUT2D eigenvalue weighted by molar-refractivity contribution is -0.127. The van der Waals surface area contributed by atoms with E-state index in [9.17, 15) is 9.00 Å². The molecule has 0 bridgehead atoms. The minimum atomic E-state index is -1.18. The van der Waals surface area contributed by atoms with Crippen LogP contribution in [0.3, 0.4) is 0 Å². The van der Waals surface area contributed by atoms with Crippen LogP contribution >= 0.6 is 0 Å². The number of carbonyl (C=O) groups excluding carboxylic acids is 1. The van der Waals surface area contributed by atoms with Crippen LogP contribution in [0.5, 0.6) is 0 Å². The second-order valence-corrected chi connectivity index (χ2v) is 6.88. The Hall–Kier alpha value is -1.20. The molecule has 20 heavy (non-hydrogen) atoms. The molecule has 5 heteroatoms. The molecular formula is C15H21NO3S. The minimum absolute atomic E-state index is 0.00775. The van der Waals surface area contributed by atoms with Crippen LogP contribution < -0.4 is 0 Å². The molecule has 1 amide bonds. The summed E-state index contributed by atoms with van der Waals surface area (Å²) in [5.41, 5.74) is 1.76. The van der Waals surface area contributed by atoms with Crippen LogP contribution in [0.2, 0.25) is 0 Å². The highest BCUT2D eigenvalue weighted by Gasteiger charge is 2.25. The summed E-state index contributed by atoms with van der Waals surface area (Å²) in [5, 5.41) is 8.96. The van der Waals surface area contributed by atoms with Crippen molar-refractivity contribution in [2.45, 2.75) is 25.2 Å². The van der Waals surface area contributed by atoms with Crippen molar-refractivity contribution < 1.29 is 14.1 Å². The van der Waals surface area contributed by atoms with Gasteiger partial charge in [0, 0.05) is 30.1 Å². The van der Waals surface area contributed by atoms with Gasteiger partial charge in [0.2, 0.25) is 5.91 Å². The maximum atomic E-state index is 12.0. The molecule has 0 aliphatic heterocycles. The van der Waals surface area contributed by atoms with E-state index in [0.29, 0.717) is 11.7 Å². The van der Waals surface area contributed by atoms with E-state index in [0.717, 1.165) is 17.7 Å². The fraction of sp³-hybridized carbons (Fsp3) is 0.533. The predicted octanol–water partition coefficient (Wildman–Crippen LogP) is 1.30. The fourth-order valence-corrected chi connectivity index (χ4v) is 3.18. The molecule has 4 nitrogen and oxygen atoms in total. The van der Waals surface area contributed by atoms with Crippen molar-refractivity contribution in [2.75, 3.05) is 19.3 Å². The van der Waals surface area contributed by atoms with Crippen molar-refractivity contribution in [1.29, 1.82) is 0 Å². The molecule has 110 valence electrons. The van der Waals surface area contributed by atoms with Gasteiger partial charge in [0.25, 0.3) is 0 Å². The van der Waals surface area contributed by atoms with E-state index in [1.165, 1.54) is 12.8 Å². The smallest absolute Gasteiger partial charge is 0.234 e. The number of amides is 1. The summed E-state index contributed by atoms with van der Waals surface area (Å²) in [6, 6.07) is 7.32. The van der Waals surface area contributed by atoms with Gasteiger partial charge in [0.05, 0.1) is 6.61 Å². The summed E-state index contributed by atoms with van der Waals surface area (Å²) in [6.45, 7) is 0.801. The molecule has 0 aromatic heterocycles. The normalized spacial score (nSPS) is 15.9. The van der Waals surface area contributed by atoms with Gasteiger partial charge in [-0.25, -0.2) is 0 Å². The van der Waals surface area contributed by atoms with Crippen LogP contribution in [0, 0.1) is 5.92 Å². The van der Waals surface area contributed by atoms with Gasteiger partial charge < -0.3 is 10.0 Å². The Labute approximate surface area is 122 Å². The fourth-order valence-electron chi connectivity index (χ4n) is 2.02. The van der Waals surface area contributed by atoms with Gasteiger partial charge in [-0.1, -0.05) is 24.3 Å². The van der Waals surface area contributed by atoms with Crippen LogP contribution in [0.25, 0.3) is 0 Å². The van der Waals surface area contributed by atoms with Gasteiger partial charge in [-0.3, -0.25) is 9.00 Å². The van der Waals surface area contributed by atoms with Crippen molar-refractivity contribution in [3.8, 4) is 0 Å². The van der Waals surface area contributed by atoms with Crippen molar-refractivity contribution in [1.82, 2.24) is 4.90 Å². The maximum absolute atomic E-state index is 12.0. The molecule has 0 heterocycles.